The minimum absolute atomic E-state index is 0.384. The van der Waals surface area contributed by atoms with Crippen molar-refractivity contribution in [1.29, 1.82) is 0 Å². The zero-order valence-corrected chi connectivity index (χ0v) is 10.2. The highest BCUT2D eigenvalue weighted by Gasteiger charge is 2.40. The number of halogens is 1. The summed E-state index contributed by atoms with van der Waals surface area (Å²) in [6, 6.07) is 7.57. The van der Waals surface area contributed by atoms with Crippen LogP contribution in [0.25, 0.3) is 0 Å². The molecule has 92 valence electrons. The number of aliphatic carboxylic acids is 1. The Morgan fingerprint density at radius 3 is 2.94 bits per heavy atom. The number of carboxylic acids is 1. The van der Waals surface area contributed by atoms with Crippen molar-refractivity contribution in [2.24, 2.45) is 5.73 Å². The maximum Gasteiger partial charge on any atom is 0.325 e. The molecule has 0 bridgehead atoms. The lowest BCUT2D eigenvalue weighted by molar-refractivity contribution is -0.142. The van der Waals surface area contributed by atoms with E-state index >= 15 is 0 Å². The van der Waals surface area contributed by atoms with Gasteiger partial charge in [-0.15, -0.1) is 0 Å². The second kappa shape index (κ2) is 4.64. The van der Waals surface area contributed by atoms with Crippen LogP contribution in [-0.2, 0) is 11.3 Å². The third kappa shape index (κ3) is 2.77. The molecule has 0 amide bonds. The van der Waals surface area contributed by atoms with Gasteiger partial charge in [-0.05, 0) is 24.1 Å². The lowest BCUT2D eigenvalue weighted by Crippen LogP contribution is -2.50. The highest BCUT2D eigenvalue weighted by atomic mass is 35.5. The Hall–Kier alpha value is -1.10. The van der Waals surface area contributed by atoms with Crippen molar-refractivity contribution in [2.75, 3.05) is 13.1 Å². The Labute approximate surface area is 105 Å². The van der Waals surface area contributed by atoms with E-state index in [0.717, 1.165) is 5.56 Å². The molecule has 0 radical (unpaired) electrons. The molecule has 1 heterocycles. The van der Waals surface area contributed by atoms with E-state index < -0.39 is 11.5 Å². The minimum atomic E-state index is -1.10. The van der Waals surface area contributed by atoms with E-state index in [2.05, 4.69) is 0 Å². The molecule has 0 saturated carbocycles. The molecule has 1 aliphatic heterocycles. The summed E-state index contributed by atoms with van der Waals surface area (Å²) in [6.07, 6.45) is 0.489. The SMILES string of the molecule is NC1(C(=O)O)CCN(Cc2cccc(Cl)c2)C1. The van der Waals surface area contributed by atoms with E-state index in [-0.39, 0.29) is 0 Å². The fraction of sp³-hybridized carbons (Fsp3) is 0.417. The first-order valence-electron chi connectivity index (χ1n) is 5.49. The van der Waals surface area contributed by atoms with Gasteiger partial charge in [0.2, 0.25) is 0 Å². The smallest absolute Gasteiger partial charge is 0.325 e. The molecule has 1 fully saturated rings. The third-order valence-electron chi connectivity index (χ3n) is 3.10. The van der Waals surface area contributed by atoms with E-state index in [4.69, 9.17) is 22.4 Å². The number of rotatable bonds is 3. The molecule has 1 aromatic rings. The average molecular weight is 255 g/mol. The van der Waals surface area contributed by atoms with Crippen molar-refractivity contribution in [3.05, 3.63) is 34.9 Å². The zero-order chi connectivity index (χ0) is 12.5. The fourth-order valence-corrected chi connectivity index (χ4v) is 2.33. The number of hydrogen-bond acceptors (Lipinski definition) is 3. The molecule has 1 unspecified atom stereocenters. The van der Waals surface area contributed by atoms with E-state index in [0.29, 0.717) is 31.1 Å². The summed E-state index contributed by atoms with van der Waals surface area (Å²) in [5, 5.41) is 9.72. The van der Waals surface area contributed by atoms with Gasteiger partial charge in [-0.25, -0.2) is 0 Å². The minimum Gasteiger partial charge on any atom is -0.480 e. The molecule has 1 saturated heterocycles. The molecule has 1 aromatic carbocycles. The van der Waals surface area contributed by atoms with Gasteiger partial charge in [-0.2, -0.15) is 0 Å². The quantitative estimate of drug-likeness (QED) is 0.854. The van der Waals surface area contributed by atoms with Gasteiger partial charge >= 0.3 is 5.97 Å². The lowest BCUT2D eigenvalue weighted by atomic mass is 10.0. The number of carbonyl (C=O) groups is 1. The second-order valence-electron chi connectivity index (χ2n) is 4.55. The van der Waals surface area contributed by atoms with Crippen molar-refractivity contribution in [3.63, 3.8) is 0 Å². The summed E-state index contributed by atoms with van der Waals surface area (Å²) in [4.78, 5) is 13.0. The second-order valence-corrected chi connectivity index (χ2v) is 4.99. The van der Waals surface area contributed by atoms with E-state index in [1.807, 2.05) is 29.2 Å². The molecule has 0 spiro atoms. The highest BCUT2D eigenvalue weighted by molar-refractivity contribution is 6.30. The van der Waals surface area contributed by atoms with Gasteiger partial charge in [0.1, 0.15) is 5.54 Å². The third-order valence-corrected chi connectivity index (χ3v) is 3.34. The predicted octanol–water partition coefficient (Wildman–Crippen LogP) is 1.33. The highest BCUT2D eigenvalue weighted by Crippen LogP contribution is 2.21. The van der Waals surface area contributed by atoms with Crippen molar-refractivity contribution >= 4 is 17.6 Å². The molecule has 0 aliphatic carbocycles. The van der Waals surface area contributed by atoms with Crippen LogP contribution in [0.1, 0.15) is 12.0 Å². The van der Waals surface area contributed by atoms with Crippen molar-refractivity contribution in [2.45, 2.75) is 18.5 Å². The predicted molar refractivity (Wildman–Crippen MR) is 65.9 cm³/mol. The van der Waals surface area contributed by atoms with Gasteiger partial charge in [0.25, 0.3) is 0 Å². The number of nitrogens with zero attached hydrogens (tertiary/aromatic N) is 1. The van der Waals surface area contributed by atoms with Gasteiger partial charge in [0, 0.05) is 24.7 Å². The number of hydrogen-bond donors (Lipinski definition) is 2. The van der Waals surface area contributed by atoms with Crippen LogP contribution >= 0.6 is 11.6 Å². The van der Waals surface area contributed by atoms with Gasteiger partial charge in [-0.1, -0.05) is 23.7 Å². The van der Waals surface area contributed by atoms with E-state index in [1.165, 1.54) is 0 Å². The molecule has 3 N–H and O–H groups in total. The van der Waals surface area contributed by atoms with Crippen LogP contribution in [0.15, 0.2) is 24.3 Å². The van der Waals surface area contributed by atoms with Crippen LogP contribution in [0.5, 0.6) is 0 Å². The van der Waals surface area contributed by atoms with Crippen LogP contribution in [0.3, 0.4) is 0 Å². The average Bonchev–Trinajstić information content (AvgIpc) is 2.61. The van der Waals surface area contributed by atoms with Crippen molar-refractivity contribution in [3.8, 4) is 0 Å². The molecule has 4 nitrogen and oxygen atoms in total. The Kier molecular flexibility index (Phi) is 3.38. The molecule has 2 rings (SSSR count). The number of likely N-dealkylation sites (tertiary alicyclic amines) is 1. The summed E-state index contributed by atoms with van der Waals surface area (Å²) >= 11 is 5.90. The molecule has 0 aromatic heterocycles. The number of carboxylic acid groups (broad SMARTS) is 1. The maximum absolute atomic E-state index is 11.0. The van der Waals surface area contributed by atoms with Crippen LogP contribution in [-0.4, -0.2) is 34.6 Å². The van der Waals surface area contributed by atoms with Crippen LogP contribution in [0, 0.1) is 0 Å². The molecule has 1 aliphatic rings. The van der Waals surface area contributed by atoms with Crippen molar-refractivity contribution in [1.82, 2.24) is 4.90 Å². The summed E-state index contributed by atoms with van der Waals surface area (Å²) in [7, 11) is 0. The summed E-state index contributed by atoms with van der Waals surface area (Å²) < 4.78 is 0. The summed E-state index contributed by atoms with van der Waals surface area (Å²) in [5.74, 6) is -0.925. The maximum atomic E-state index is 11.0. The first-order chi connectivity index (χ1) is 7.99. The van der Waals surface area contributed by atoms with Crippen LogP contribution in [0.4, 0.5) is 0 Å². The van der Waals surface area contributed by atoms with E-state index in [1.54, 1.807) is 0 Å². The van der Waals surface area contributed by atoms with Gasteiger partial charge in [0.15, 0.2) is 0 Å². The summed E-state index contributed by atoms with van der Waals surface area (Å²) in [6.45, 7) is 1.77. The Morgan fingerprint density at radius 2 is 2.35 bits per heavy atom. The number of nitrogens with two attached hydrogens (primary N) is 1. The standard InChI is InChI=1S/C12H15ClN2O2/c13-10-3-1-2-9(6-10)7-15-5-4-12(14,8-15)11(16)17/h1-3,6H,4-5,7-8,14H2,(H,16,17). The Morgan fingerprint density at radius 1 is 1.59 bits per heavy atom. The molecular weight excluding hydrogens is 240 g/mol. The number of benzene rings is 1. The zero-order valence-electron chi connectivity index (χ0n) is 9.40. The van der Waals surface area contributed by atoms with Crippen molar-refractivity contribution < 1.29 is 9.90 Å². The van der Waals surface area contributed by atoms with Gasteiger partial charge < -0.3 is 10.8 Å². The van der Waals surface area contributed by atoms with E-state index in [9.17, 15) is 4.79 Å². The van der Waals surface area contributed by atoms with Gasteiger partial charge in [0.05, 0.1) is 0 Å². The lowest BCUT2D eigenvalue weighted by Gasteiger charge is -2.20. The first kappa shape index (κ1) is 12.4. The van der Waals surface area contributed by atoms with Crippen LogP contribution < -0.4 is 5.73 Å². The normalized spacial score (nSPS) is 25.1. The van der Waals surface area contributed by atoms with Gasteiger partial charge in [-0.3, -0.25) is 9.69 Å². The van der Waals surface area contributed by atoms with Crippen LogP contribution in [0.2, 0.25) is 5.02 Å². The summed E-state index contributed by atoms with van der Waals surface area (Å²) in [5.41, 5.74) is 5.79. The topological polar surface area (TPSA) is 66.6 Å². The molecule has 1 atom stereocenters. The Balaban J connectivity index is 2.01. The largest absolute Gasteiger partial charge is 0.480 e. The molecule has 5 heteroatoms. The monoisotopic (exact) mass is 254 g/mol. The molecule has 17 heavy (non-hydrogen) atoms. The Bertz CT molecular complexity index is 438. The molecular formula is C12H15ClN2O2. The fourth-order valence-electron chi connectivity index (χ4n) is 2.12. The first-order valence-corrected chi connectivity index (χ1v) is 5.86.